The molecule has 0 spiro atoms. The van der Waals surface area contributed by atoms with Gasteiger partial charge in [-0.2, -0.15) is 0 Å². The van der Waals surface area contributed by atoms with Crippen molar-refractivity contribution in [3.05, 3.63) is 29.6 Å². The van der Waals surface area contributed by atoms with Gasteiger partial charge < -0.3 is 5.21 Å². The Labute approximate surface area is 69.3 Å². The zero-order chi connectivity index (χ0) is 8.27. The third-order valence-electron chi connectivity index (χ3n) is 1.22. The number of hydrogen-bond donors (Lipinski definition) is 1. The van der Waals surface area contributed by atoms with Crippen molar-refractivity contribution in [2.75, 3.05) is 0 Å². The average Bonchev–Trinajstić information content (AvgIpc) is 2.03. The van der Waals surface area contributed by atoms with Crippen LogP contribution < -0.4 is 0 Å². The molecular weight excluding hydrogens is 164 g/mol. The number of rotatable bonds is 1. The van der Waals surface area contributed by atoms with Gasteiger partial charge in [-0.3, -0.25) is 4.98 Å². The Morgan fingerprint density at radius 1 is 1.73 bits per heavy atom. The monoisotopic (exact) mass is 170 g/mol. The number of hydrogen-bond acceptors (Lipinski definition) is 3. The van der Waals surface area contributed by atoms with Crippen molar-refractivity contribution in [2.45, 2.75) is 6.92 Å². The fraction of sp³-hybridized carbons (Fsp3) is 0.143. The van der Waals surface area contributed by atoms with Crippen LogP contribution in [0.15, 0.2) is 23.5 Å². The normalized spacial score (nSPS) is 11.6. The Bertz CT molecular complexity index is 286. The summed E-state index contributed by atoms with van der Waals surface area (Å²) >= 11 is 5.53. The van der Waals surface area contributed by atoms with Crippen LogP contribution >= 0.6 is 11.6 Å². The van der Waals surface area contributed by atoms with Crippen LogP contribution in [0.3, 0.4) is 0 Å². The van der Waals surface area contributed by atoms with Crippen LogP contribution in [0.2, 0.25) is 0 Å². The molecule has 1 rings (SSSR count). The molecule has 0 aromatic carbocycles. The summed E-state index contributed by atoms with van der Waals surface area (Å²) in [4.78, 5) is 3.96. The molecule has 0 amide bonds. The first-order valence-electron chi connectivity index (χ1n) is 3.04. The lowest BCUT2D eigenvalue weighted by atomic mass is 10.2. The van der Waals surface area contributed by atoms with Crippen molar-refractivity contribution < 1.29 is 5.21 Å². The lowest BCUT2D eigenvalue weighted by Gasteiger charge is -1.95. The van der Waals surface area contributed by atoms with E-state index in [1.54, 1.807) is 18.3 Å². The van der Waals surface area contributed by atoms with Crippen molar-refractivity contribution in [1.82, 2.24) is 4.98 Å². The Morgan fingerprint density at radius 2 is 2.45 bits per heavy atom. The largest absolute Gasteiger partial charge is 0.410 e. The number of pyridine rings is 1. The van der Waals surface area contributed by atoms with E-state index in [-0.39, 0.29) is 5.17 Å². The van der Waals surface area contributed by atoms with Gasteiger partial charge in [-0.05, 0) is 19.1 Å². The van der Waals surface area contributed by atoms with E-state index in [0.717, 1.165) is 5.69 Å². The van der Waals surface area contributed by atoms with Crippen LogP contribution in [0.1, 0.15) is 11.3 Å². The first kappa shape index (κ1) is 8.01. The van der Waals surface area contributed by atoms with Crippen LogP contribution in [-0.2, 0) is 0 Å². The third-order valence-corrected chi connectivity index (χ3v) is 1.52. The molecule has 1 aromatic heterocycles. The standard InChI is InChI=1S/C7H7ClN2O/c1-5-4-6(2-3-9-5)7(8)10-11/h2-4,11H,1H3. The van der Waals surface area contributed by atoms with E-state index in [4.69, 9.17) is 16.8 Å². The van der Waals surface area contributed by atoms with Gasteiger partial charge in [-0.25, -0.2) is 0 Å². The van der Waals surface area contributed by atoms with Crippen molar-refractivity contribution in [2.24, 2.45) is 5.16 Å². The van der Waals surface area contributed by atoms with Gasteiger partial charge in [0.05, 0.1) is 0 Å². The highest BCUT2D eigenvalue weighted by Gasteiger charge is 1.98. The van der Waals surface area contributed by atoms with Crippen molar-refractivity contribution in [3.63, 3.8) is 0 Å². The Morgan fingerprint density at radius 3 is 3.00 bits per heavy atom. The second kappa shape index (κ2) is 3.34. The maximum absolute atomic E-state index is 8.31. The second-order valence-electron chi connectivity index (χ2n) is 2.08. The molecule has 0 radical (unpaired) electrons. The van der Waals surface area contributed by atoms with Gasteiger partial charge in [0.1, 0.15) is 0 Å². The number of oxime groups is 1. The van der Waals surface area contributed by atoms with Crippen molar-refractivity contribution in [1.29, 1.82) is 0 Å². The summed E-state index contributed by atoms with van der Waals surface area (Å²) in [5, 5.41) is 11.2. The molecule has 58 valence electrons. The first-order chi connectivity index (χ1) is 5.24. The molecular formula is C7H7ClN2O. The van der Waals surface area contributed by atoms with Crippen LogP contribution in [0, 0.1) is 6.92 Å². The van der Waals surface area contributed by atoms with Gasteiger partial charge in [0, 0.05) is 17.5 Å². The molecule has 0 saturated heterocycles. The molecule has 0 bridgehead atoms. The highest BCUT2D eigenvalue weighted by Crippen LogP contribution is 2.04. The quantitative estimate of drug-likeness (QED) is 0.397. The fourth-order valence-electron chi connectivity index (χ4n) is 0.732. The maximum atomic E-state index is 8.31. The Kier molecular flexibility index (Phi) is 2.44. The summed E-state index contributed by atoms with van der Waals surface area (Å²) in [7, 11) is 0. The van der Waals surface area contributed by atoms with Crippen molar-refractivity contribution >= 4 is 16.8 Å². The molecule has 0 atom stereocenters. The lowest BCUT2D eigenvalue weighted by Crippen LogP contribution is -1.92. The molecule has 1 aromatic rings. The predicted octanol–water partition coefficient (Wildman–Crippen LogP) is 1.76. The zero-order valence-corrected chi connectivity index (χ0v) is 6.71. The molecule has 4 heteroatoms. The number of halogens is 1. The van der Waals surface area contributed by atoms with Crippen LogP contribution in [0.5, 0.6) is 0 Å². The molecule has 0 aliphatic heterocycles. The van der Waals surface area contributed by atoms with Gasteiger partial charge >= 0.3 is 0 Å². The van der Waals surface area contributed by atoms with E-state index in [2.05, 4.69) is 10.1 Å². The fourth-order valence-corrected chi connectivity index (χ4v) is 0.849. The third kappa shape index (κ3) is 1.91. The van der Waals surface area contributed by atoms with E-state index >= 15 is 0 Å². The second-order valence-corrected chi connectivity index (χ2v) is 2.43. The van der Waals surface area contributed by atoms with Crippen LogP contribution in [-0.4, -0.2) is 15.4 Å². The summed E-state index contributed by atoms with van der Waals surface area (Å²) in [5.41, 5.74) is 1.51. The molecule has 1 heterocycles. The first-order valence-corrected chi connectivity index (χ1v) is 3.42. The van der Waals surface area contributed by atoms with E-state index in [0.29, 0.717) is 5.56 Å². The highest BCUT2D eigenvalue weighted by atomic mass is 35.5. The summed E-state index contributed by atoms with van der Waals surface area (Å²) < 4.78 is 0. The van der Waals surface area contributed by atoms with Gasteiger partial charge in [0.15, 0.2) is 5.17 Å². The smallest absolute Gasteiger partial charge is 0.175 e. The molecule has 0 aliphatic rings. The number of aromatic nitrogens is 1. The Balaban J connectivity index is 3.06. The summed E-state index contributed by atoms with van der Waals surface area (Å²) in [6, 6.07) is 3.41. The average molecular weight is 171 g/mol. The molecule has 0 unspecified atom stereocenters. The summed E-state index contributed by atoms with van der Waals surface area (Å²) in [6.45, 7) is 1.84. The number of aryl methyl sites for hydroxylation is 1. The molecule has 0 aliphatic carbocycles. The van der Waals surface area contributed by atoms with E-state index < -0.39 is 0 Å². The van der Waals surface area contributed by atoms with Crippen LogP contribution in [0.4, 0.5) is 0 Å². The van der Waals surface area contributed by atoms with E-state index in [1.807, 2.05) is 6.92 Å². The maximum Gasteiger partial charge on any atom is 0.175 e. The van der Waals surface area contributed by atoms with Gasteiger partial charge in [0.25, 0.3) is 0 Å². The highest BCUT2D eigenvalue weighted by molar-refractivity contribution is 6.69. The minimum Gasteiger partial charge on any atom is -0.410 e. The molecule has 3 nitrogen and oxygen atoms in total. The molecule has 0 fully saturated rings. The zero-order valence-electron chi connectivity index (χ0n) is 5.95. The van der Waals surface area contributed by atoms with Gasteiger partial charge in [-0.1, -0.05) is 16.8 Å². The number of nitrogens with zero attached hydrogens (tertiary/aromatic N) is 2. The molecule has 0 saturated carbocycles. The van der Waals surface area contributed by atoms with Gasteiger partial charge in [0.2, 0.25) is 0 Å². The minimum atomic E-state index is 0.0792. The van der Waals surface area contributed by atoms with E-state index in [9.17, 15) is 0 Å². The predicted molar refractivity (Wildman–Crippen MR) is 43.2 cm³/mol. The SMILES string of the molecule is Cc1cc(C(Cl)=NO)ccn1. The van der Waals surface area contributed by atoms with Crippen LogP contribution in [0.25, 0.3) is 0 Å². The molecule has 1 N–H and O–H groups in total. The van der Waals surface area contributed by atoms with Crippen molar-refractivity contribution in [3.8, 4) is 0 Å². The minimum absolute atomic E-state index is 0.0792. The topological polar surface area (TPSA) is 45.5 Å². The summed E-state index contributed by atoms with van der Waals surface area (Å²) in [6.07, 6.45) is 1.61. The van der Waals surface area contributed by atoms with Gasteiger partial charge in [-0.15, -0.1) is 0 Å². The Hall–Kier alpha value is -1.09. The summed E-state index contributed by atoms with van der Waals surface area (Å²) in [5.74, 6) is 0. The lowest BCUT2D eigenvalue weighted by molar-refractivity contribution is 0.321. The molecule has 11 heavy (non-hydrogen) atoms. The van der Waals surface area contributed by atoms with E-state index in [1.165, 1.54) is 0 Å².